The fourth-order valence-electron chi connectivity index (χ4n) is 5.17. The van der Waals surface area contributed by atoms with Crippen molar-refractivity contribution in [2.45, 2.75) is 181 Å². The Kier molecular flexibility index (Phi) is 33.8. The lowest BCUT2D eigenvalue weighted by atomic mass is 10.0. The second-order valence-corrected chi connectivity index (χ2v) is 14.0. The zero-order valence-corrected chi connectivity index (χ0v) is 31.8. The van der Waals surface area contributed by atoms with Crippen molar-refractivity contribution in [3.8, 4) is 0 Å². The van der Waals surface area contributed by atoms with Crippen LogP contribution in [0.2, 0.25) is 0 Å². The number of carbonyl (C=O) groups is 2. The Hall–Kier alpha value is -1.73. The summed E-state index contributed by atoms with van der Waals surface area (Å²) in [6.45, 7) is 5.32. The molecule has 48 heavy (non-hydrogen) atoms. The van der Waals surface area contributed by atoms with Crippen LogP contribution in [0.4, 0.5) is 0 Å². The van der Waals surface area contributed by atoms with E-state index in [0.717, 1.165) is 57.8 Å². The highest BCUT2D eigenvalue weighted by Crippen LogP contribution is 2.43. The third-order valence-corrected chi connectivity index (χ3v) is 9.02. The van der Waals surface area contributed by atoms with E-state index >= 15 is 0 Å². The predicted octanol–water partition coefficient (Wildman–Crippen LogP) is 11.7. The third-order valence-electron chi connectivity index (χ3n) is 7.96. The van der Waals surface area contributed by atoms with E-state index in [1.807, 2.05) is 0 Å². The molecule has 0 aromatic rings. The van der Waals surface area contributed by atoms with Crippen molar-refractivity contribution in [1.29, 1.82) is 0 Å². The normalized spacial score (nSPS) is 13.8. The maximum Gasteiger partial charge on any atom is 0.472 e. The molecule has 0 heterocycles. The van der Waals surface area contributed by atoms with E-state index < -0.39 is 26.5 Å². The molecule has 0 aromatic carbocycles. The lowest BCUT2D eigenvalue weighted by molar-refractivity contribution is -0.161. The Labute approximate surface area is 294 Å². The van der Waals surface area contributed by atoms with Crippen LogP contribution >= 0.6 is 7.82 Å². The average Bonchev–Trinajstić information content (AvgIpc) is 3.06. The molecule has 280 valence electrons. The van der Waals surface area contributed by atoms with Gasteiger partial charge in [-0.05, 0) is 51.9 Å². The molecule has 2 unspecified atom stereocenters. The van der Waals surface area contributed by atoms with E-state index in [1.54, 1.807) is 6.92 Å². The number of phosphoric acid groups is 1. The van der Waals surface area contributed by atoms with E-state index in [2.05, 4.69) is 50.3 Å². The van der Waals surface area contributed by atoms with Gasteiger partial charge in [0.2, 0.25) is 0 Å². The second-order valence-electron chi connectivity index (χ2n) is 12.6. The molecule has 1 N–H and O–H groups in total. The van der Waals surface area contributed by atoms with Crippen LogP contribution in [0.5, 0.6) is 0 Å². The standard InChI is InChI=1S/C39H71O8P/c1-4-7-9-11-13-15-17-19-20-22-23-25-27-29-31-33-38(40)44-35-37(36-46-48(42,43)45-6-3)47-39(41)34-32-30-28-26-24-21-18-16-14-12-10-8-5-2/h8,10,14,16,21,24,37H,4-7,9,11-13,15,17-20,22-23,25-36H2,1-3H3,(H,42,43)/b10-8-,16-14-,24-21-. The van der Waals surface area contributed by atoms with Gasteiger partial charge in [0.1, 0.15) is 6.61 Å². The maximum atomic E-state index is 12.5. The van der Waals surface area contributed by atoms with Gasteiger partial charge in [0, 0.05) is 12.8 Å². The summed E-state index contributed by atoms with van der Waals surface area (Å²) in [6.07, 6.45) is 37.7. The molecule has 0 spiro atoms. The van der Waals surface area contributed by atoms with Gasteiger partial charge in [-0.2, -0.15) is 0 Å². The van der Waals surface area contributed by atoms with Crippen molar-refractivity contribution in [1.82, 2.24) is 0 Å². The summed E-state index contributed by atoms with van der Waals surface area (Å²) in [5.41, 5.74) is 0. The summed E-state index contributed by atoms with van der Waals surface area (Å²) >= 11 is 0. The number of rotatable bonds is 35. The van der Waals surface area contributed by atoms with Crippen LogP contribution in [-0.2, 0) is 32.7 Å². The monoisotopic (exact) mass is 698 g/mol. The molecule has 0 fully saturated rings. The highest BCUT2D eigenvalue weighted by atomic mass is 31.2. The summed E-state index contributed by atoms with van der Waals surface area (Å²) in [6, 6.07) is 0. The van der Waals surface area contributed by atoms with Crippen molar-refractivity contribution >= 4 is 19.8 Å². The van der Waals surface area contributed by atoms with Crippen LogP contribution in [0.1, 0.15) is 175 Å². The number of unbranched alkanes of at least 4 members (excludes halogenated alkanes) is 17. The van der Waals surface area contributed by atoms with Crippen LogP contribution < -0.4 is 0 Å². The summed E-state index contributed by atoms with van der Waals surface area (Å²) in [4.78, 5) is 34.6. The molecule has 9 heteroatoms. The van der Waals surface area contributed by atoms with E-state index in [1.165, 1.54) is 77.0 Å². The molecule has 8 nitrogen and oxygen atoms in total. The first-order chi connectivity index (χ1) is 23.3. The molecule has 0 saturated carbocycles. The van der Waals surface area contributed by atoms with Gasteiger partial charge in [-0.25, -0.2) is 4.57 Å². The first-order valence-corrected chi connectivity index (χ1v) is 20.8. The Bertz CT molecular complexity index is 885. The number of ether oxygens (including phenoxy) is 2. The summed E-state index contributed by atoms with van der Waals surface area (Å²) in [5.74, 6) is -0.830. The Morgan fingerprint density at radius 3 is 1.60 bits per heavy atom. The topological polar surface area (TPSA) is 108 Å². The van der Waals surface area contributed by atoms with Crippen LogP contribution in [-0.4, -0.2) is 42.8 Å². The molecule has 2 atom stereocenters. The molecule has 0 aliphatic carbocycles. The van der Waals surface area contributed by atoms with Crippen molar-refractivity contribution < 1.29 is 37.6 Å². The molecule has 0 aromatic heterocycles. The summed E-state index contributed by atoms with van der Waals surface area (Å²) in [7, 11) is -4.28. The third kappa shape index (κ3) is 34.1. The van der Waals surface area contributed by atoms with Gasteiger partial charge in [-0.15, -0.1) is 0 Å². The lowest BCUT2D eigenvalue weighted by Crippen LogP contribution is -2.29. The number of hydrogen-bond acceptors (Lipinski definition) is 7. The van der Waals surface area contributed by atoms with Gasteiger partial charge < -0.3 is 14.4 Å². The molecule has 0 saturated heterocycles. The highest BCUT2D eigenvalue weighted by molar-refractivity contribution is 7.47. The molecular weight excluding hydrogens is 627 g/mol. The predicted molar refractivity (Wildman–Crippen MR) is 198 cm³/mol. The maximum absolute atomic E-state index is 12.5. The van der Waals surface area contributed by atoms with Crippen molar-refractivity contribution in [2.24, 2.45) is 0 Å². The average molecular weight is 699 g/mol. The van der Waals surface area contributed by atoms with Gasteiger partial charge in [-0.3, -0.25) is 18.6 Å². The molecule has 0 radical (unpaired) electrons. The van der Waals surface area contributed by atoms with Crippen molar-refractivity contribution in [3.63, 3.8) is 0 Å². The first kappa shape index (κ1) is 46.3. The smallest absolute Gasteiger partial charge is 0.462 e. The zero-order valence-electron chi connectivity index (χ0n) is 30.9. The van der Waals surface area contributed by atoms with Gasteiger partial charge in [0.25, 0.3) is 0 Å². The van der Waals surface area contributed by atoms with Crippen molar-refractivity contribution in [2.75, 3.05) is 19.8 Å². The number of allylic oxidation sites excluding steroid dienone is 6. The minimum Gasteiger partial charge on any atom is -0.462 e. The van der Waals surface area contributed by atoms with Crippen LogP contribution in [0.15, 0.2) is 36.5 Å². The van der Waals surface area contributed by atoms with Crippen LogP contribution in [0, 0.1) is 0 Å². The largest absolute Gasteiger partial charge is 0.472 e. The van der Waals surface area contributed by atoms with Crippen LogP contribution in [0.25, 0.3) is 0 Å². The van der Waals surface area contributed by atoms with Gasteiger partial charge in [0.05, 0.1) is 13.2 Å². The Balaban J connectivity index is 4.16. The van der Waals surface area contributed by atoms with E-state index in [9.17, 15) is 19.0 Å². The minimum atomic E-state index is -4.28. The van der Waals surface area contributed by atoms with E-state index in [0.29, 0.717) is 6.42 Å². The number of carbonyl (C=O) groups excluding carboxylic acids is 2. The molecule has 0 bridgehead atoms. The molecule has 0 aliphatic heterocycles. The number of phosphoric ester groups is 1. The van der Waals surface area contributed by atoms with Crippen molar-refractivity contribution in [3.05, 3.63) is 36.5 Å². The fourth-order valence-corrected chi connectivity index (χ4v) is 5.93. The van der Waals surface area contributed by atoms with Gasteiger partial charge >= 0.3 is 19.8 Å². The molecule has 0 rings (SSSR count). The lowest BCUT2D eigenvalue weighted by Gasteiger charge is -2.19. The first-order valence-electron chi connectivity index (χ1n) is 19.3. The quantitative estimate of drug-likeness (QED) is 0.0301. The van der Waals surface area contributed by atoms with E-state index in [-0.39, 0.29) is 32.0 Å². The zero-order chi connectivity index (χ0) is 35.4. The molecule has 0 amide bonds. The molecular formula is C39H71O8P. The summed E-state index contributed by atoms with van der Waals surface area (Å²) in [5, 5.41) is 0. The summed E-state index contributed by atoms with van der Waals surface area (Å²) < 4.78 is 32.5. The Morgan fingerprint density at radius 1 is 0.583 bits per heavy atom. The fraction of sp³-hybridized carbons (Fsp3) is 0.795. The highest BCUT2D eigenvalue weighted by Gasteiger charge is 2.25. The van der Waals surface area contributed by atoms with Gasteiger partial charge in [-0.1, -0.05) is 147 Å². The number of hydrogen-bond donors (Lipinski definition) is 1. The van der Waals surface area contributed by atoms with Crippen LogP contribution in [0.3, 0.4) is 0 Å². The SMILES string of the molecule is CC/C=C\C/C=C\C/C=C\CCCCCC(=O)OC(COC(=O)CCCCCCCCCCCCCCCCC)COP(=O)(O)OCC. The van der Waals surface area contributed by atoms with E-state index in [4.69, 9.17) is 18.5 Å². The minimum absolute atomic E-state index is 0.00495. The number of esters is 2. The molecule has 0 aliphatic rings. The van der Waals surface area contributed by atoms with Gasteiger partial charge in [0.15, 0.2) is 6.10 Å². The second kappa shape index (κ2) is 35.1. The Morgan fingerprint density at radius 2 is 1.06 bits per heavy atom.